The van der Waals surface area contributed by atoms with E-state index in [-0.39, 0.29) is 26.2 Å². The van der Waals surface area contributed by atoms with Crippen LogP contribution in [0, 0.1) is 0 Å². The van der Waals surface area contributed by atoms with Crippen molar-refractivity contribution in [2.24, 2.45) is 0 Å². The number of carboxylic acid groups (broad SMARTS) is 8. The van der Waals surface area contributed by atoms with Gasteiger partial charge in [-0.25, -0.2) is 0 Å². The standard InChI is InChI=1S/C36H64N8O16/c45-29(46)21-41(22-30(47)48)9-1-5-37-13-15-38(6-2-10-42(23-31(49)50)24-32(51)52)17-19-40(8-4-12-44(27-35(57)58)28-36(59)60)20-18-39(16-14-37)7-3-11-43(25-33(53)54)26-34(55)56/h1-28H2,(H,45,46)(H,47,48)(H,49,50)(H,51,52)(H,53,54)(H,55,56)(H,57,58)(H,59,60). The Labute approximate surface area is 348 Å². The van der Waals surface area contributed by atoms with Crippen LogP contribution >= 0.6 is 0 Å². The molecule has 0 aromatic heterocycles. The molecule has 0 atom stereocenters. The molecule has 0 spiro atoms. The summed E-state index contributed by atoms with van der Waals surface area (Å²) in [4.78, 5) is 105. The van der Waals surface area contributed by atoms with Crippen LogP contribution in [0.3, 0.4) is 0 Å². The van der Waals surface area contributed by atoms with E-state index in [0.717, 1.165) is 0 Å². The topological polar surface area (TPSA) is 324 Å². The summed E-state index contributed by atoms with van der Waals surface area (Å²) in [6, 6.07) is 0. The molecular formula is C36H64N8O16. The lowest BCUT2D eigenvalue weighted by Gasteiger charge is -2.35. The van der Waals surface area contributed by atoms with Gasteiger partial charge in [0.1, 0.15) is 0 Å². The second-order valence-electron chi connectivity index (χ2n) is 14.8. The molecule has 0 saturated carbocycles. The zero-order valence-electron chi connectivity index (χ0n) is 34.2. The van der Waals surface area contributed by atoms with Crippen LogP contribution in [0.15, 0.2) is 0 Å². The van der Waals surface area contributed by atoms with Crippen LogP contribution in [-0.4, -0.2) is 285 Å². The first-order valence-electron chi connectivity index (χ1n) is 19.8. The second kappa shape index (κ2) is 30.5. The number of aliphatic carboxylic acids is 8. The predicted octanol–water partition coefficient (Wildman–Crippen LogP) is -3.35. The van der Waals surface area contributed by atoms with Gasteiger partial charge in [0.2, 0.25) is 0 Å². The van der Waals surface area contributed by atoms with E-state index >= 15 is 0 Å². The molecule has 24 heteroatoms. The van der Waals surface area contributed by atoms with Crippen LogP contribution in [-0.2, 0) is 38.4 Å². The van der Waals surface area contributed by atoms with Gasteiger partial charge in [0.25, 0.3) is 0 Å². The third-order valence-corrected chi connectivity index (χ3v) is 9.60. The summed E-state index contributed by atoms with van der Waals surface area (Å²) in [7, 11) is 0. The molecule has 1 fully saturated rings. The maximum absolute atomic E-state index is 11.4. The Hall–Kier alpha value is -4.56. The van der Waals surface area contributed by atoms with E-state index < -0.39 is 100 Å². The number of hydrogen-bond donors (Lipinski definition) is 8. The van der Waals surface area contributed by atoms with Crippen LogP contribution < -0.4 is 0 Å². The highest BCUT2D eigenvalue weighted by molar-refractivity contribution is 5.74. The molecule has 1 aliphatic rings. The van der Waals surface area contributed by atoms with Crippen molar-refractivity contribution in [3.05, 3.63) is 0 Å². The van der Waals surface area contributed by atoms with Crippen molar-refractivity contribution in [2.45, 2.75) is 25.7 Å². The first kappa shape index (κ1) is 53.5. The number of rotatable bonds is 32. The molecule has 1 heterocycles. The first-order chi connectivity index (χ1) is 28.3. The van der Waals surface area contributed by atoms with E-state index in [1.54, 1.807) is 0 Å². The number of carboxylic acids is 8. The Morgan fingerprint density at radius 3 is 0.533 bits per heavy atom. The van der Waals surface area contributed by atoms with Crippen LogP contribution in [0.5, 0.6) is 0 Å². The van der Waals surface area contributed by atoms with Gasteiger partial charge in [0.05, 0.1) is 52.4 Å². The van der Waals surface area contributed by atoms with Gasteiger partial charge in [-0.2, -0.15) is 0 Å². The van der Waals surface area contributed by atoms with Gasteiger partial charge in [-0.3, -0.25) is 58.0 Å². The molecule has 0 aromatic rings. The summed E-state index contributed by atoms with van der Waals surface area (Å²) in [5.41, 5.74) is 0. The highest BCUT2D eigenvalue weighted by Gasteiger charge is 2.21. The molecule has 0 radical (unpaired) electrons. The highest BCUT2D eigenvalue weighted by Crippen LogP contribution is 2.07. The van der Waals surface area contributed by atoms with Crippen molar-refractivity contribution in [1.29, 1.82) is 0 Å². The smallest absolute Gasteiger partial charge is 0.317 e. The third kappa shape index (κ3) is 28.8. The SMILES string of the molecule is O=C(O)CN(CCCN1CCN(CCCN(CC(=O)O)CC(=O)O)CCN(CCCN(CC(=O)O)CC(=O)O)CCN(CCCN(CC(=O)O)CC(=O)O)CC1)CC(=O)O. The Morgan fingerprint density at radius 1 is 0.283 bits per heavy atom. The molecule has 0 amide bonds. The maximum Gasteiger partial charge on any atom is 0.317 e. The van der Waals surface area contributed by atoms with Crippen LogP contribution in [0.1, 0.15) is 25.7 Å². The summed E-state index contributed by atoms with van der Waals surface area (Å²) >= 11 is 0. The summed E-state index contributed by atoms with van der Waals surface area (Å²) in [5, 5.41) is 74.3. The summed E-state index contributed by atoms with van der Waals surface area (Å²) in [6.45, 7) is 3.51. The lowest BCUT2D eigenvalue weighted by Crippen LogP contribution is -2.47. The minimum absolute atomic E-state index is 0.208. The molecule has 0 bridgehead atoms. The highest BCUT2D eigenvalue weighted by atomic mass is 16.4. The third-order valence-electron chi connectivity index (χ3n) is 9.60. The van der Waals surface area contributed by atoms with Crippen LogP contribution in [0.4, 0.5) is 0 Å². The van der Waals surface area contributed by atoms with Gasteiger partial charge >= 0.3 is 47.8 Å². The fourth-order valence-electron chi connectivity index (χ4n) is 6.93. The van der Waals surface area contributed by atoms with Gasteiger partial charge in [0, 0.05) is 78.5 Å². The molecule has 24 nitrogen and oxygen atoms in total. The second-order valence-corrected chi connectivity index (χ2v) is 14.8. The average Bonchev–Trinajstić information content (AvgIpc) is 3.09. The van der Waals surface area contributed by atoms with E-state index in [1.807, 2.05) is 0 Å². The monoisotopic (exact) mass is 864 g/mol. The van der Waals surface area contributed by atoms with E-state index in [9.17, 15) is 79.2 Å². The van der Waals surface area contributed by atoms with Gasteiger partial charge in [0.15, 0.2) is 0 Å². The van der Waals surface area contributed by atoms with E-state index in [4.69, 9.17) is 0 Å². The zero-order chi connectivity index (χ0) is 45.0. The van der Waals surface area contributed by atoms with Crippen LogP contribution in [0.2, 0.25) is 0 Å². The van der Waals surface area contributed by atoms with Gasteiger partial charge < -0.3 is 60.5 Å². The summed E-state index contributed by atoms with van der Waals surface area (Å²) in [5.74, 6) is -9.25. The summed E-state index contributed by atoms with van der Waals surface area (Å²) in [6.07, 6.45) is 1.81. The van der Waals surface area contributed by atoms with Crippen LogP contribution in [0.25, 0.3) is 0 Å². The molecule has 0 aliphatic carbocycles. The normalized spacial score (nSPS) is 15.5. The molecule has 60 heavy (non-hydrogen) atoms. The van der Waals surface area contributed by atoms with Crippen molar-refractivity contribution >= 4 is 47.8 Å². The minimum Gasteiger partial charge on any atom is -0.480 e. The molecule has 1 rings (SSSR count). The number of carbonyl (C=O) groups is 8. The van der Waals surface area contributed by atoms with E-state index in [0.29, 0.717) is 104 Å². The number of hydrogen-bond acceptors (Lipinski definition) is 16. The van der Waals surface area contributed by atoms with Crippen molar-refractivity contribution in [3.63, 3.8) is 0 Å². The van der Waals surface area contributed by atoms with E-state index in [2.05, 4.69) is 19.6 Å². The molecule has 8 N–H and O–H groups in total. The minimum atomic E-state index is -1.16. The quantitative estimate of drug-likeness (QED) is 0.0328. The molecule has 0 aromatic carbocycles. The lowest BCUT2D eigenvalue weighted by atomic mass is 10.2. The molecule has 344 valence electrons. The summed E-state index contributed by atoms with van der Waals surface area (Å²) < 4.78 is 0. The fraction of sp³-hybridized carbons (Fsp3) is 0.778. The van der Waals surface area contributed by atoms with Crippen molar-refractivity contribution in [2.75, 3.05) is 157 Å². The van der Waals surface area contributed by atoms with Crippen molar-refractivity contribution < 1.29 is 79.2 Å². The fourth-order valence-corrected chi connectivity index (χ4v) is 6.93. The van der Waals surface area contributed by atoms with E-state index in [1.165, 1.54) is 19.6 Å². The molecule has 1 saturated heterocycles. The lowest BCUT2D eigenvalue weighted by molar-refractivity contribution is -0.143. The number of nitrogens with zero attached hydrogens (tertiary/aromatic N) is 8. The Kier molecular flexibility index (Phi) is 27.1. The Bertz CT molecular complexity index is 1100. The Morgan fingerprint density at radius 2 is 0.417 bits per heavy atom. The van der Waals surface area contributed by atoms with Crippen molar-refractivity contribution in [3.8, 4) is 0 Å². The average molecular weight is 865 g/mol. The van der Waals surface area contributed by atoms with Crippen molar-refractivity contribution in [1.82, 2.24) is 39.2 Å². The Balaban J connectivity index is 3.31. The largest absolute Gasteiger partial charge is 0.480 e. The van der Waals surface area contributed by atoms with Gasteiger partial charge in [-0.15, -0.1) is 0 Å². The molecule has 1 aliphatic heterocycles. The molecule has 0 unspecified atom stereocenters. The van der Waals surface area contributed by atoms with Gasteiger partial charge in [-0.1, -0.05) is 0 Å². The molecular weight excluding hydrogens is 800 g/mol. The zero-order valence-corrected chi connectivity index (χ0v) is 34.2. The first-order valence-corrected chi connectivity index (χ1v) is 19.8. The predicted molar refractivity (Wildman–Crippen MR) is 211 cm³/mol. The van der Waals surface area contributed by atoms with Gasteiger partial charge in [-0.05, 0) is 51.9 Å². The maximum atomic E-state index is 11.4.